The Morgan fingerprint density at radius 3 is 2.64 bits per heavy atom. The Morgan fingerprint density at radius 2 is 2.27 bits per heavy atom. The molecule has 1 amide bonds. The quantitative estimate of drug-likeness (QED) is 0.522. The van der Waals surface area contributed by atoms with Gasteiger partial charge in [0.25, 0.3) is 0 Å². The number of likely N-dealkylation sites (tertiary alicyclic amines) is 1. The van der Waals surface area contributed by atoms with Crippen LogP contribution in [0.3, 0.4) is 0 Å². The molecule has 0 aromatic carbocycles. The molecule has 1 heterocycles. The zero-order chi connectivity index (χ0) is 8.48. The lowest BCUT2D eigenvalue weighted by molar-refractivity contribution is -0.132. The molecule has 1 saturated heterocycles. The van der Waals surface area contributed by atoms with Crippen molar-refractivity contribution in [2.24, 2.45) is 0 Å². The second-order valence-corrected chi connectivity index (χ2v) is 3.46. The number of nitrogens with zero attached hydrogens (tertiary/aromatic N) is 1. The van der Waals surface area contributed by atoms with E-state index < -0.39 is 5.67 Å². The molecule has 1 aliphatic rings. The lowest BCUT2D eigenvalue weighted by Crippen LogP contribution is -2.45. The highest BCUT2D eigenvalue weighted by Gasteiger charge is 2.31. The summed E-state index contributed by atoms with van der Waals surface area (Å²) < 4.78 is 13.3. The second kappa shape index (κ2) is 2.80. The van der Waals surface area contributed by atoms with Crippen LogP contribution in [0.25, 0.3) is 0 Å². The normalized spacial score (nSPS) is 32.1. The van der Waals surface area contributed by atoms with Gasteiger partial charge in [-0.1, -0.05) is 0 Å². The van der Waals surface area contributed by atoms with Crippen molar-refractivity contribution in [3.05, 3.63) is 0 Å². The molecule has 0 aromatic rings. The number of rotatable bonds is 0. The summed E-state index contributed by atoms with van der Waals surface area (Å²) in [7, 11) is 0. The first-order chi connectivity index (χ1) is 5.01. The van der Waals surface area contributed by atoms with Gasteiger partial charge in [0.15, 0.2) is 0 Å². The summed E-state index contributed by atoms with van der Waals surface area (Å²) >= 11 is 0. The van der Waals surface area contributed by atoms with Crippen molar-refractivity contribution >= 4 is 5.91 Å². The molecule has 0 bridgehead atoms. The SMILES string of the molecule is CC(=O)N1CCCC(C)(F)C1. The van der Waals surface area contributed by atoms with Crippen LogP contribution in [0.5, 0.6) is 0 Å². The third-order valence-corrected chi connectivity index (χ3v) is 2.09. The smallest absolute Gasteiger partial charge is 0.219 e. The van der Waals surface area contributed by atoms with E-state index >= 15 is 0 Å². The van der Waals surface area contributed by atoms with Gasteiger partial charge in [0.1, 0.15) is 5.67 Å². The van der Waals surface area contributed by atoms with E-state index in [0.29, 0.717) is 6.42 Å². The first-order valence-corrected chi connectivity index (χ1v) is 3.96. The Labute approximate surface area is 66.4 Å². The molecule has 0 saturated carbocycles. The summed E-state index contributed by atoms with van der Waals surface area (Å²) in [6.07, 6.45) is 1.36. The fourth-order valence-electron chi connectivity index (χ4n) is 1.46. The number of hydrogen-bond acceptors (Lipinski definition) is 1. The van der Waals surface area contributed by atoms with Gasteiger partial charge in [-0.2, -0.15) is 0 Å². The number of carbonyl (C=O) groups excluding carboxylic acids is 1. The van der Waals surface area contributed by atoms with Crippen LogP contribution in [0, 0.1) is 0 Å². The maximum Gasteiger partial charge on any atom is 0.219 e. The van der Waals surface area contributed by atoms with Crippen molar-refractivity contribution in [2.75, 3.05) is 13.1 Å². The molecule has 2 nitrogen and oxygen atoms in total. The van der Waals surface area contributed by atoms with Crippen molar-refractivity contribution in [1.82, 2.24) is 4.90 Å². The minimum Gasteiger partial charge on any atom is -0.340 e. The first kappa shape index (κ1) is 8.50. The Morgan fingerprint density at radius 1 is 1.64 bits per heavy atom. The molecule has 1 unspecified atom stereocenters. The van der Waals surface area contributed by atoms with Crippen LogP contribution < -0.4 is 0 Å². The fourth-order valence-corrected chi connectivity index (χ4v) is 1.46. The minimum atomic E-state index is -1.16. The molecular formula is C8H14FNO. The van der Waals surface area contributed by atoms with Gasteiger partial charge in [-0.25, -0.2) is 4.39 Å². The maximum absolute atomic E-state index is 13.3. The molecule has 3 heteroatoms. The summed E-state index contributed by atoms with van der Waals surface area (Å²) in [6, 6.07) is 0. The van der Waals surface area contributed by atoms with E-state index in [1.165, 1.54) is 6.92 Å². The molecule has 64 valence electrons. The van der Waals surface area contributed by atoms with Crippen LogP contribution in [-0.2, 0) is 4.79 Å². The third-order valence-electron chi connectivity index (χ3n) is 2.09. The fraction of sp³-hybridized carbons (Fsp3) is 0.875. The molecular weight excluding hydrogens is 145 g/mol. The summed E-state index contributed by atoms with van der Waals surface area (Å²) in [5.41, 5.74) is -1.16. The first-order valence-electron chi connectivity index (χ1n) is 3.96. The number of carbonyl (C=O) groups is 1. The summed E-state index contributed by atoms with van der Waals surface area (Å²) in [5.74, 6) is -0.0198. The van der Waals surface area contributed by atoms with Gasteiger partial charge in [0, 0.05) is 13.5 Å². The number of alkyl halides is 1. The van der Waals surface area contributed by atoms with Gasteiger partial charge in [-0.15, -0.1) is 0 Å². The average molecular weight is 159 g/mol. The lowest BCUT2D eigenvalue weighted by atomic mass is 9.97. The van der Waals surface area contributed by atoms with Gasteiger partial charge in [-0.3, -0.25) is 4.79 Å². The van der Waals surface area contributed by atoms with E-state index in [0.717, 1.165) is 13.0 Å². The largest absolute Gasteiger partial charge is 0.340 e. The van der Waals surface area contributed by atoms with E-state index in [2.05, 4.69) is 0 Å². The zero-order valence-corrected chi connectivity index (χ0v) is 7.06. The molecule has 0 radical (unpaired) electrons. The number of halogens is 1. The monoisotopic (exact) mass is 159 g/mol. The van der Waals surface area contributed by atoms with Gasteiger partial charge in [0.05, 0.1) is 6.54 Å². The second-order valence-electron chi connectivity index (χ2n) is 3.46. The van der Waals surface area contributed by atoms with Gasteiger partial charge >= 0.3 is 0 Å². The van der Waals surface area contributed by atoms with Crippen molar-refractivity contribution in [1.29, 1.82) is 0 Å². The van der Waals surface area contributed by atoms with E-state index in [9.17, 15) is 9.18 Å². The van der Waals surface area contributed by atoms with Crippen LogP contribution >= 0.6 is 0 Å². The number of amides is 1. The minimum absolute atomic E-state index is 0.0198. The highest BCUT2D eigenvalue weighted by Crippen LogP contribution is 2.24. The lowest BCUT2D eigenvalue weighted by Gasteiger charge is -2.34. The number of hydrogen-bond donors (Lipinski definition) is 0. The van der Waals surface area contributed by atoms with Gasteiger partial charge < -0.3 is 4.90 Å². The Hall–Kier alpha value is -0.600. The predicted molar refractivity (Wildman–Crippen MR) is 41.0 cm³/mol. The molecule has 0 aliphatic carbocycles. The van der Waals surface area contributed by atoms with Crippen LogP contribution in [0.15, 0.2) is 0 Å². The Kier molecular flexibility index (Phi) is 2.16. The van der Waals surface area contributed by atoms with Crippen molar-refractivity contribution < 1.29 is 9.18 Å². The summed E-state index contributed by atoms with van der Waals surface area (Å²) in [6.45, 7) is 4.03. The van der Waals surface area contributed by atoms with Gasteiger partial charge in [-0.05, 0) is 19.8 Å². The predicted octanol–water partition coefficient (Wildman–Crippen LogP) is 1.36. The molecule has 0 aromatic heterocycles. The molecule has 1 fully saturated rings. The van der Waals surface area contributed by atoms with Gasteiger partial charge in [0.2, 0.25) is 5.91 Å². The standard InChI is InChI=1S/C8H14FNO/c1-7(11)10-5-3-4-8(2,9)6-10/h3-6H2,1-2H3. The number of piperidine rings is 1. The topological polar surface area (TPSA) is 20.3 Å². The molecule has 1 atom stereocenters. The van der Waals surface area contributed by atoms with Crippen molar-refractivity contribution in [3.8, 4) is 0 Å². The molecule has 0 spiro atoms. The maximum atomic E-state index is 13.3. The molecule has 1 aliphatic heterocycles. The highest BCUT2D eigenvalue weighted by molar-refractivity contribution is 5.73. The third kappa shape index (κ3) is 2.17. The van der Waals surface area contributed by atoms with Crippen molar-refractivity contribution in [3.63, 3.8) is 0 Å². The van der Waals surface area contributed by atoms with E-state index in [1.54, 1.807) is 11.8 Å². The van der Waals surface area contributed by atoms with E-state index in [1.807, 2.05) is 0 Å². The van der Waals surface area contributed by atoms with Crippen LogP contribution in [0.2, 0.25) is 0 Å². The van der Waals surface area contributed by atoms with E-state index in [-0.39, 0.29) is 12.5 Å². The van der Waals surface area contributed by atoms with E-state index in [4.69, 9.17) is 0 Å². The van der Waals surface area contributed by atoms with Crippen LogP contribution in [0.1, 0.15) is 26.7 Å². The average Bonchev–Trinajstić information content (AvgIpc) is 1.85. The molecule has 0 N–H and O–H groups in total. The summed E-state index contributed by atoms with van der Waals surface area (Å²) in [5, 5.41) is 0. The Bertz CT molecular complexity index is 167. The molecule has 11 heavy (non-hydrogen) atoms. The highest BCUT2D eigenvalue weighted by atomic mass is 19.1. The van der Waals surface area contributed by atoms with Crippen LogP contribution in [-0.4, -0.2) is 29.6 Å². The molecule has 1 rings (SSSR count). The van der Waals surface area contributed by atoms with Crippen LogP contribution in [0.4, 0.5) is 4.39 Å². The Balaban J connectivity index is 2.53. The summed E-state index contributed by atoms with van der Waals surface area (Å²) in [4.78, 5) is 12.4. The zero-order valence-electron chi connectivity index (χ0n) is 7.06. The van der Waals surface area contributed by atoms with Crippen molar-refractivity contribution in [2.45, 2.75) is 32.4 Å².